The fourth-order valence-corrected chi connectivity index (χ4v) is 4.13. The fourth-order valence-electron chi connectivity index (χ4n) is 3.44. The van der Waals surface area contributed by atoms with Crippen molar-refractivity contribution in [3.63, 3.8) is 0 Å². The van der Waals surface area contributed by atoms with Gasteiger partial charge in [0.05, 0.1) is 23.6 Å². The minimum Gasteiger partial charge on any atom is -0.373 e. The van der Waals surface area contributed by atoms with Crippen LogP contribution in [0.4, 0.5) is 5.13 Å². The lowest BCUT2D eigenvalue weighted by Crippen LogP contribution is -2.44. The third-order valence-corrected chi connectivity index (χ3v) is 5.36. The molecule has 1 N–H and O–H groups in total. The number of anilines is 1. The fraction of sp³-hybridized carbons (Fsp3) is 0.350. The molecular formula is C20H23N5O2S. The lowest BCUT2D eigenvalue weighted by molar-refractivity contribution is -0.0707. The summed E-state index contributed by atoms with van der Waals surface area (Å²) in [6.07, 6.45) is 4.04. The topological polar surface area (TPSA) is 72.3 Å². The number of carbonyl (C=O) groups excluding carboxylic acids is 1. The van der Waals surface area contributed by atoms with Crippen LogP contribution in [-0.2, 0) is 11.3 Å². The van der Waals surface area contributed by atoms with Crippen molar-refractivity contribution in [1.29, 1.82) is 0 Å². The average Bonchev–Trinajstić information content (AvgIpc) is 3.33. The normalized spacial score (nSPS) is 20.2. The molecule has 0 aliphatic carbocycles. The molecule has 3 aromatic rings. The molecule has 8 heteroatoms. The zero-order valence-corrected chi connectivity index (χ0v) is 16.7. The van der Waals surface area contributed by atoms with Crippen molar-refractivity contribution in [2.45, 2.75) is 32.6 Å². The van der Waals surface area contributed by atoms with Gasteiger partial charge in [0.1, 0.15) is 0 Å². The Morgan fingerprint density at radius 3 is 2.68 bits per heavy atom. The summed E-state index contributed by atoms with van der Waals surface area (Å²) in [7, 11) is 0. The summed E-state index contributed by atoms with van der Waals surface area (Å²) >= 11 is 1.45. The van der Waals surface area contributed by atoms with Crippen LogP contribution in [0.5, 0.6) is 0 Å². The number of nitrogens with one attached hydrogen (secondary N) is 1. The lowest BCUT2D eigenvalue weighted by Gasteiger charge is -2.34. The van der Waals surface area contributed by atoms with Gasteiger partial charge in [0.2, 0.25) is 0 Å². The summed E-state index contributed by atoms with van der Waals surface area (Å²) in [5.74, 6) is -0.165. The van der Waals surface area contributed by atoms with Crippen LogP contribution in [0, 0.1) is 0 Å². The molecule has 4 rings (SSSR count). The number of benzene rings is 1. The van der Waals surface area contributed by atoms with E-state index < -0.39 is 0 Å². The van der Waals surface area contributed by atoms with Crippen LogP contribution >= 0.6 is 11.3 Å². The molecule has 1 aliphatic heterocycles. The number of rotatable bonds is 5. The monoisotopic (exact) mass is 397 g/mol. The number of amides is 1. The SMILES string of the molecule is CC1CN(Cc2csc(NC(=O)c3ccc(-n4cccn4)cc3)n2)CC(C)O1. The zero-order valence-electron chi connectivity index (χ0n) is 15.9. The van der Waals surface area contributed by atoms with Gasteiger partial charge in [-0.25, -0.2) is 9.67 Å². The second kappa shape index (κ2) is 8.22. The van der Waals surface area contributed by atoms with E-state index in [0.717, 1.165) is 31.0 Å². The number of ether oxygens (including phenoxy) is 1. The molecule has 2 unspecified atom stereocenters. The average molecular weight is 398 g/mol. The van der Waals surface area contributed by atoms with Gasteiger partial charge in [0, 0.05) is 43.0 Å². The number of nitrogens with zero attached hydrogens (tertiary/aromatic N) is 4. The zero-order chi connectivity index (χ0) is 19.5. The van der Waals surface area contributed by atoms with Crippen molar-refractivity contribution in [2.24, 2.45) is 0 Å². The highest BCUT2D eigenvalue weighted by molar-refractivity contribution is 7.13. The van der Waals surface area contributed by atoms with Gasteiger partial charge in [-0.3, -0.25) is 15.0 Å². The van der Waals surface area contributed by atoms with Crippen LogP contribution in [0.15, 0.2) is 48.1 Å². The molecule has 3 heterocycles. The molecule has 146 valence electrons. The Kier molecular flexibility index (Phi) is 5.52. The second-order valence-electron chi connectivity index (χ2n) is 7.05. The van der Waals surface area contributed by atoms with Gasteiger partial charge in [-0.15, -0.1) is 11.3 Å². The number of thiazole rings is 1. The quantitative estimate of drug-likeness (QED) is 0.716. The molecule has 2 atom stereocenters. The van der Waals surface area contributed by atoms with Crippen LogP contribution in [0.25, 0.3) is 5.69 Å². The Bertz CT molecular complexity index is 912. The highest BCUT2D eigenvalue weighted by Crippen LogP contribution is 2.20. The number of hydrogen-bond donors (Lipinski definition) is 1. The highest BCUT2D eigenvalue weighted by Gasteiger charge is 2.22. The van der Waals surface area contributed by atoms with E-state index in [-0.39, 0.29) is 18.1 Å². The highest BCUT2D eigenvalue weighted by atomic mass is 32.1. The summed E-state index contributed by atoms with van der Waals surface area (Å²) < 4.78 is 7.52. The van der Waals surface area contributed by atoms with Crippen LogP contribution in [0.1, 0.15) is 29.9 Å². The first-order valence-electron chi connectivity index (χ1n) is 9.30. The number of morpholine rings is 1. The van der Waals surface area contributed by atoms with Gasteiger partial charge in [-0.05, 0) is 44.2 Å². The Hall–Kier alpha value is -2.55. The minimum absolute atomic E-state index is 0.165. The van der Waals surface area contributed by atoms with Crippen molar-refractivity contribution < 1.29 is 9.53 Å². The van der Waals surface area contributed by atoms with Crippen molar-refractivity contribution >= 4 is 22.4 Å². The van der Waals surface area contributed by atoms with Crippen LogP contribution in [0.2, 0.25) is 0 Å². The van der Waals surface area contributed by atoms with E-state index in [2.05, 4.69) is 34.1 Å². The van der Waals surface area contributed by atoms with Crippen LogP contribution < -0.4 is 5.32 Å². The second-order valence-corrected chi connectivity index (χ2v) is 7.91. The van der Waals surface area contributed by atoms with E-state index in [1.54, 1.807) is 23.0 Å². The first-order chi connectivity index (χ1) is 13.6. The Balaban J connectivity index is 1.36. The Morgan fingerprint density at radius 2 is 2.00 bits per heavy atom. The standard InChI is InChI=1S/C20H23N5O2S/c1-14-10-24(11-15(2)27-14)12-17-13-28-20(22-17)23-19(26)16-4-6-18(7-5-16)25-9-3-8-21-25/h3-9,13-15H,10-12H2,1-2H3,(H,22,23,26). The van der Waals surface area contributed by atoms with Gasteiger partial charge >= 0.3 is 0 Å². The Morgan fingerprint density at radius 1 is 1.25 bits per heavy atom. The predicted molar refractivity (Wildman–Crippen MR) is 109 cm³/mol. The molecule has 0 saturated carbocycles. The summed E-state index contributed by atoms with van der Waals surface area (Å²) in [6, 6.07) is 9.18. The van der Waals surface area contributed by atoms with Crippen LogP contribution in [-0.4, -0.2) is 50.9 Å². The van der Waals surface area contributed by atoms with Crippen LogP contribution in [0.3, 0.4) is 0 Å². The molecule has 28 heavy (non-hydrogen) atoms. The largest absolute Gasteiger partial charge is 0.373 e. The molecule has 1 amide bonds. The first kappa shape index (κ1) is 18.8. The van der Waals surface area contributed by atoms with Gasteiger partial charge in [-0.2, -0.15) is 5.10 Å². The van der Waals surface area contributed by atoms with E-state index in [9.17, 15) is 4.79 Å². The van der Waals surface area contributed by atoms with Crippen molar-refractivity contribution in [3.05, 3.63) is 59.4 Å². The maximum Gasteiger partial charge on any atom is 0.257 e. The third kappa shape index (κ3) is 4.46. The number of carbonyl (C=O) groups is 1. The van der Waals surface area contributed by atoms with Crippen molar-refractivity contribution in [1.82, 2.24) is 19.7 Å². The maximum absolute atomic E-state index is 12.5. The van der Waals surface area contributed by atoms with E-state index in [1.165, 1.54) is 11.3 Å². The lowest BCUT2D eigenvalue weighted by atomic mass is 10.2. The Labute approximate surface area is 168 Å². The van der Waals surface area contributed by atoms with Crippen molar-refractivity contribution in [3.8, 4) is 5.69 Å². The van der Waals surface area contributed by atoms with E-state index in [1.807, 2.05) is 29.8 Å². The molecule has 0 spiro atoms. The molecule has 1 aliphatic rings. The summed E-state index contributed by atoms with van der Waals surface area (Å²) in [4.78, 5) is 19.4. The van der Waals surface area contributed by atoms with E-state index in [4.69, 9.17) is 4.74 Å². The van der Waals surface area contributed by atoms with E-state index in [0.29, 0.717) is 10.7 Å². The van der Waals surface area contributed by atoms with Gasteiger partial charge in [0.25, 0.3) is 5.91 Å². The molecule has 1 aromatic carbocycles. The molecular weight excluding hydrogens is 374 g/mol. The smallest absolute Gasteiger partial charge is 0.257 e. The van der Waals surface area contributed by atoms with Gasteiger partial charge < -0.3 is 4.74 Å². The molecule has 1 fully saturated rings. The predicted octanol–water partition coefficient (Wildman–Crippen LogP) is 3.19. The van der Waals surface area contributed by atoms with Crippen molar-refractivity contribution in [2.75, 3.05) is 18.4 Å². The summed E-state index contributed by atoms with van der Waals surface area (Å²) in [5.41, 5.74) is 2.46. The molecule has 1 saturated heterocycles. The number of hydrogen-bond acceptors (Lipinski definition) is 6. The summed E-state index contributed by atoms with van der Waals surface area (Å²) in [6.45, 7) is 6.74. The maximum atomic E-state index is 12.5. The molecule has 0 radical (unpaired) electrons. The molecule has 7 nitrogen and oxygen atoms in total. The molecule has 0 bridgehead atoms. The molecule has 2 aromatic heterocycles. The summed E-state index contributed by atoms with van der Waals surface area (Å²) in [5, 5.41) is 9.69. The third-order valence-electron chi connectivity index (χ3n) is 4.55. The van der Waals surface area contributed by atoms with Gasteiger partial charge in [0.15, 0.2) is 5.13 Å². The van der Waals surface area contributed by atoms with Gasteiger partial charge in [-0.1, -0.05) is 0 Å². The minimum atomic E-state index is -0.165. The first-order valence-corrected chi connectivity index (χ1v) is 10.2. The van der Waals surface area contributed by atoms with E-state index >= 15 is 0 Å². The number of aromatic nitrogens is 3.